The van der Waals surface area contributed by atoms with E-state index in [2.05, 4.69) is 15.9 Å². The summed E-state index contributed by atoms with van der Waals surface area (Å²) in [4.78, 5) is 11.4. The fourth-order valence-corrected chi connectivity index (χ4v) is 5.46. The lowest BCUT2D eigenvalue weighted by Crippen LogP contribution is -2.42. The first-order chi connectivity index (χ1) is 7.91. The molecular formula is C10H12BrNO3S2. The van der Waals surface area contributed by atoms with Gasteiger partial charge in [0.2, 0.25) is 0 Å². The SMILES string of the molecule is CC1CN(S(=O)(=O)c2ccc(Br)s2)CCC1=O. The summed E-state index contributed by atoms with van der Waals surface area (Å²) in [6.45, 7) is 2.35. The van der Waals surface area contributed by atoms with E-state index in [1.807, 2.05) is 0 Å². The zero-order valence-corrected chi connectivity index (χ0v) is 12.4. The predicted octanol–water partition coefficient (Wildman–Crippen LogP) is 2.11. The highest BCUT2D eigenvalue weighted by Crippen LogP contribution is 2.30. The number of piperidine rings is 1. The molecular weight excluding hydrogens is 326 g/mol. The van der Waals surface area contributed by atoms with Gasteiger partial charge in [0.1, 0.15) is 9.99 Å². The van der Waals surface area contributed by atoms with Crippen LogP contribution in [0.3, 0.4) is 0 Å². The van der Waals surface area contributed by atoms with E-state index in [0.717, 1.165) is 3.79 Å². The molecule has 1 aliphatic heterocycles. The first kappa shape index (κ1) is 13.2. The predicted molar refractivity (Wildman–Crippen MR) is 69.6 cm³/mol. The largest absolute Gasteiger partial charge is 0.299 e. The van der Waals surface area contributed by atoms with Gasteiger partial charge in [0.25, 0.3) is 10.0 Å². The van der Waals surface area contributed by atoms with Crippen molar-refractivity contribution in [3.05, 3.63) is 15.9 Å². The van der Waals surface area contributed by atoms with Crippen molar-refractivity contribution in [1.29, 1.82) is 0 Å². The molecule has 1 aromatic rings. The van der Waals surface area contributed by atoms with Crippen molar-refractivity contribution in [2.24, 2.45) is 5.92 Å². The van der Waals surface area contributed by atoms with Gasteiger partial charge in [0.05, 0.1) is 3.79 Å². The third-order valence-electron chi connectivity index (χ3n) is 2.78. The summed E-state index contributed by atoms with van der Waals surface area (Å²) in [6, 6.07) is 3.31. The summed E-state index contributed by atoms with van der Waals surface area (Å²) in [5.41, 5.74) is 0. The smallest absolute Gasteiger partial charge is 0.252 e. The first-order valence-corrected chi connectivity index (χ1v) is 8.24. The summed E-state index contributed by atoms with van der Waals surface area (Å²) < 4.78 is 27.0. The number of halogens is 1. The van der Waals surface area contributed by atoms with Crippen molar-refractivity contribution in [3.63, 3.8) is 0 Å². The Bertz CT molecular complexity index is 538. The van der Waals surface area contributed by atoms with Crippen molar-refractivity contribution in [2.75, 3.05) is 13.1 Å². The molecule has 0 amide bonds. The minimum absolute atomic E-state index is 0.142. The van der Waals surface area contributed by atoms with Crippen LogP contribution in [0.4, 0.5) is 0 Å². The standard InChI is InChI=1S/C10H12BrNO3S2/c1-7-6-12(5-4-8(7)13)17(14,15)10-3-2-9(11)16-10/h2-3,7H,4-6H2,1H3. The Labute approximate surface area is 113 Å². The number of nitrogens with zero attached hydrogens (tertiary/aromatic N) is 1. The van der Waals surface area contributed by atoms with E-state index in [-0.39, 0.29) is 18.2 Å². The van der Waals surface area contributed by atoms with Crippen LogP contribution in [0, 0.1) is 5.92 Å². The Balaban J connectivity index is 2.25. The van der Waals surface area contributed by atoms with Gasteiger partial charge in [-0.15, -0.1) is 11.3 Å². The van der Waals surface area contributed by atoms with Crippen molar-refractivity contribution in [2.45, 2.75) is 17.6 Å². The molecule has 0 saturated carbocycles. The molecule has 2 rings (SSSR count). The fraction of sp³-hybridized carbons (Fsp3) is 0.500. The van der Waals surface area contributed by atoms with Gasteiger partial charge < -0.3 is 0 Å². The molecule has 1 atom stereocenters. The molecule has 1 fully saturated rings. The number of carbonyl (C=O) groups is 1. The van der Waals surface area contributed by atoms with Gasteiger partial charge in [-0.25, -0.2) is 8.42 Å². The van der Waals surface area contributed by atoms with Gasteiger partial charge in [-0.3, -0.25) is 4.79 Å². The average molecular weight is 338 g/mol. The molecule has 17 heavy (non-hydrogen) atoms. The maximum atomic E-state index is 12.3. The number of ketones is 1. The molecule has 0 radical (unpaired) electrons. The van der Waals surface area contributed by atoms with Crippen LogP contribution in [-0.4, -0.2) is 31.6 Å². The molecule has 0 aromatic carbocycles. The lowest BCUT2D eigenvalue weighted by molar-refractivity contribution is -0.124. The second-order valence-electron chi connectivity index (χ2n) is 4.04. The third-order valence-corrected chi connectivity index (χ3v) is 6.73. The number of rotatable bonds is 2. The van der Waals surface area contributed by atoms with Crippen LogP contribution < -0.4 is 0 Å². The number of sulfonamides is 1. The monoisotopic (exact) mass is 337 g/mol. The highest BCUT2D eigenvalue weighted by molar-refractivity contribution is 9.11. The Hall–Kier alpha value is -0.240. The third kappa shape index (κ3) is 2.62. The van der Waals surface area contributed by atoms with Gasteiger partial charge >= 0.3 is 0 Å². The van der Waals surface area contributed by atoms with E-state index in [4.69, 9.17) is 0 Å². The number of thiophene rings is 1. The summed E-state index contributed by atoms with van der Waals surface area (Å²) in [5, 5.41) is 0. The molecule has 0 aliphatic carbocycles. The maximum Gasteiger partial charge on any atom is 0.252 e. The van der Waals surface area contributed by atoms with Gasteiger partial charge in [0, 0.05) is 25.4 Å². The van der Waals surface area contributed by atoms with E-state index < -0.39 is 10.0 Å². The van der Waals surface area contributed by atoms with E-state index in [9.17, 15) is 13.2 Å². The normalized spacial score (nSPS) is 22.9. The minimum Gasteiger partial charge on any atom is -0.299 e. The zero-order chi connectivity index (χ0) is 12.6. The lowest BCUT2D eigenvalue weighted by atomic mass is 10.0. The van der Waals surface area contributed by atoms with Crippen LogP contribution in [-0.2, 0) is 14.8 Å². The summed E-state index contributed by atoms with van der Waals surface area (Å²) in [6.07, 6.45) is 0.312. The van der Waals surface area contributed by atoms with Crippen LogP contribution in [0.1, 0.15) is 13.3 Å². The Kier molecular flexibility index (Phi) is 3.72. The molecule has 1 aliphatic rings. The second kappa shape index (κ2) is 4.79. The average Bonchev–Trinajstić information content (AvgIpc) is 2.69. The van der Waals surface area contributed by atoms with Crippen molar-refractivity contribution < 1.29 is 13.2 Å². The zero-order valence-electron chi connectivity index (χ0n) is 9.22. The van der Waals surface area contributed by atoms with E-state index >= 15 is 0 Å². The first-order valence-electron chi connectivity index (χ1n) is 5.19. The summed E-state index contributed by atoms with van der Waals surface area (Å²) in [5.74, 6) is -0.0641. The molecule has 0 N–H and O–H groups in total. The Morgan fingerprint density at radius 2 is 2.18 bits per heavy atom. The molecule has 4 nitrogen and oxygen atoms in total. The fourth-order valence-electron chi connectivity index (χ4n) is 1.76. The van der Waals surface area contributed by atoms with E-state index in [1.54, 1.807) is 19.1 Å². The molecule has 1 aromatic heterocycles. The molecule has 0 bridgehead atoms. The van der Waals surface area contributed by atoms with Crippen molar-refractivity contribution in [1.82, 2.24) is 4.31 Å². The van der Waals surface area contributed by atoms with Crippen LogP contribution in [0.25, 0.3) is 0 Å². The highest BCUT2D eigenvalue weighted by Gasteiger charge is 2.33. The molecule has 1 unspecified atom stereocenters. The molecule has 0 spiro atoms. The number of hydrogen-bond acceptors (Lipinski definition) is 4. The maximum absolute atomic E-state index is 12.3. The highest BCUT2D eigenvalue weighted by atomic mass is 79.9. The second-order valence-corrected chi connectivity index (χ2v) is 8.67. The topological polar surface area (TPSA) is 54.5 Å². The van der Waals surface area contributed by atoms with Crippen LogP contribution >= 0.6 is 27.3 Å². The number of carbonyl (C=O) groups excluding carboxylic acids is 1. The van der Waals surface area contributed by atoms with Gasteiger partial charge in [-0.1, -0.05) is 6.92 Å². The van der Waals surface area contributed by atoms with Crippen molar-refractivity contribution >= 4 is 43.1 Å². The Morgan fingerprint density at radius 3 is 2.71 bits per heavy atom. The lowest BCUT2D eigenvalue weighted by Gasteiger charge is -2.28. The Morgan fingerprint density at radius 1 is 1.47 bits per heavy atom. The minimum atomic E-state index is -3.43. The van der Waals surface area contributed by atoms with Crippen LogP contribution in [0.15, 0.2) is 20.1 Å². The van der Waals surface area contributed by atoms with Crippen LogP contribution in [0.5, 0.6) is 0 Å². The molecule has 7 heteroatoms. The molecule has 1 saturated heterocycles. The van der Waals surface area contributed by atoms with Crippen molar-refractivity contribution in [3.8, 4) is 0 Å². The van der Waals surface area contributed by atoms with Gasteiger partial charge in [-0.2, -0.15) is 4.31 Å². The molecule has 2 heterocycles. The van der Waals surface area contributed by atoms with Gasteiger partial charge in [-0.05, 0) is 28.1 Å². The van der Waals surface area contributed by atoms with E-state index in [0.29, 0.717) is 17.2 Å². The summed E-state index contributed by atoms with van der Waals surface area (Å²) >= 11 is 4.44. The van der Waals surface area contributed by atoms with Crippen LogP contribution in [0.2, 0.25) is 0 Å². The number of Topliss-reactive ketones (excluding diaryl/α,β-unsaturated/α-hetero) is 1. The summed E-state index contributed by atoms with van der Waals surface area (Å²) in [7, 11) is -3.43. The quantitative estimate of drug-likeness (QED) is 0.830. The van der Waals surface area contributed by atoms with E-state index in [1.165, 1.54) is 15.6 Å². The molecule has 94 valence electrons. The number of hydrogen-bond donors (Lipinski definition) is 0. The van der Waals surface area contributed by atoms with Gasteiger partial charge in [0.15, 0.2) is 0 Å².